The van der Waals surface area contributed by atoms with Crippen molar-refractivity contribution in [3.8, 4) is 0 Å². The van der Waals surface area contributed by atoms with Crippen LogP contribution in [-0.2, 0) is 28.6 Å². The number of esters is 3. The van der Waals surface area contributed by atoms with Crippen LogP contribution in [0.25, 0.3) is 0 Å². The van der Waals surface area contributed by atoms with Crippen LogP contribution in [0.4, 0.5) is 0 Å². The molecule has 0 heterocycles. The number of ether oxygens (including phenoxy) is 3. The fourth-order valence-corrected chi connectivity index (χ4v) is 7.86. The van der Waals surface area contributed by atoms with Gasteiger partial charge in [-0.1, -0.05) is 256 Å². The third kappa shape index (κ3) is 48.7. The largest absolute Gasteiger partial charge is 0.462 e. The Balaban J connectivity index is 4.37. The minimum atomic E-state index is -0.775. The molecule has 0 aromatic rings. The summed E-state index contributed by atoms with van der Waals surface area (Å²) in [6, 6.07) is 0. The summed E-state index contributed by atoms with van der Waals surface area (Å²) in [5.74, 6) is -0.881. The lowest BCUT2D eigenvalue weighted by Gasteiger charge is -2.18. The SMILES string of the molecule is CCCCCCC\C=C/C=C\C=C/CCCCCCCC(=O)OCC(COC(=O)CCCCCCCCCCCCCCC)OC(=O)CCCCCCCCCCCCCCC. The highest BCUT2D eigenvalue weighted by atomic mass is 16.6. The first kappa shape index (κ1) is 59.6. The van der Waals surface area contributed by atoms with Crippen molar-refractivity contribution in [2.45, 2.75) is 290 Å². The minimum Gasteiger partial charge on any atom is -0.462 e. The van der Waals surface area contributed by atoms with Crippen LogP contribution in [0, 0.1) is 0 Å². The van der Waals surface area contributed by atoms with Crippen LogP contribution in [0.5, 0.6) is 0 Å². The fourth-order valence-electron chi connectivity index (χ4n) is 7.86. The predicted octanol–water partition coefficient (Wildman–Crippen LogP) is 17.7. The van der Waals surface area contributed by atoms with Crippen molar-refractivity contribution in [1.82, 2.24) is 0 Å². The van der Waals surface area contributed by atoms with Crippen LogP contribution in [0.3, 0.4) is 0 Å². The molecule has 0 spiro atoms. The van der Waals surface area contributed by atoms with Crippen LogP contribution >= 0.6 is 0 Å². The summed E-state index contributed by atoms with van der Waals surface area (Å²) < 4.78 is 16.8. The summed E-state index contributed by atoms with van der Waals surface area (Å²) in [5, 5.41) is 0. The molecule has 1 unspecified atom stereocenters. The maximum Gasteiger partial charge on any atom is 0.306 e. The molecule has 0 bridgehead atoms. The predicted molar refractivity (Wildman–Crippen MR) is 266 cm³/mol. The van der Waals surface area contributed by atoms with Crippen LogP contribution in [0.2, 0.25) is 0 Å². The zero-order valence-corrected chi connectivity index (χ0v) is 41.4. The van der Waals surface area contributed by atoms with Crippen LogP contribution in [0.15, 0.2) is 36.5 Å². The van der Waals surface area contributed by atoms with E-state index in [-0.39, 0.29) is 31.1 Å². The Morgan fingerprint density at radius 3 is 0.887 bits per heavy atom. The molecular formula is C56H102O6. The van der Waals surface area contributed by atoms with Gasteiger partial charge in [0.1, 0.15) is 13.2 Å². The Kier molecular flexibility index (Phi) is 49.3. The third-order valence-electron chi connectivity index (χ3n) is 12.0. The van der Waals surface area contributed by atoms with E-state index in [1.807, 2.05) is 0 Å². The Bertz CT molecular complexity index is 1050. The first-order valence-electron chi connectivity index (χ1n) is 27.0. The van der Waals surface area contributed by atoms with Crippen molar-refractivity contribution in [2.75, 3.05) is 13.2 Å². The molecular weight excluding hydrogens is 769 g/mol. The Hall–Kier alpha value is -2.37. The highest BCUT2D eigenvalue weighted by molar-refractivity contribution is 5.71. The van der Waals surface area contributed by atoms with Crippen molar-refractivity contribution in [2.24, 2.45) is 0 Å². The average molecular weight is 871 g/mol. The molecule has 0 fully saturated rings. The summed E-state index contributed by atoms with van der Waals surface area (Å²) in [6.45, 7) is 6.63. The van der Waals surface area contributed by atoms with Crippen LogP contribution < -0.4 is 0 Å². The molecule has 0 rings (SSSR count). The minimum absolute atomic E-state index is 0.0744. The van der Waals surface area contributed by atoms with Gasteiger partial charge in [0, 0.05) is 19.3 Å². The zero-order valence-electron chi connectivity index (χ0n) is 41.4. The topological polar surface area (TPSA) is 78.9 Å². The molecule has 6 nitrogen and oxygen atoms in total. The molecule has 0 N–H and O–H groups in total. The first-order valence-corrected chi connectivity index (χ1v) is 27.0. The van der Waals surface area contributed by atoms with E-state index in [2.05, 4.69) is 57.2 Å². The van der Waals surface area contributed by atoms with Gasteiger partial charge in [-0.25, -0.2) is 0 Å². The summed E-state index contributed by atoms with van der Waals surface area (Å²) in [4.78, 5) is 38.0. The normalized spacial score (nSPS) is 12.2. The lowest BCUT2D eigenvalue weighted by molar-refractivity contribution is -0.167. The van der Waals surface area contributed by atoms with Gasteiger partial charge >= 0.3 is 17.9 Å². The van der Waals surface area contributed by atoms with E-state index in [0.717, 1.165) is 77.0 Å². The van der Waals surface area contributed by atoms with E-state index in [1.165, 1.54) is 167 Å². The molecule has 362 valence electrons. The fraction of sp³-hybridized carbons (Fsp3) is 0.839. The van der Waals surface area contributed by atoms with Gasteiger partial charge in [0.25, 0.3) is 0 Å². The van der Waals surface area contributed by atoms with Crippen molar-refractivity contribution in [3.05, 3.63) is 36.5 Å². The van der Waals surface area contributed by atoms with Gasteiger partial charge in [-0.05, 0) is 44.9 Å². The van der Waals surface area contributed by atoms with Crippen molar-refractivity contribution in [3.63, 3.8) is 0 Å². The Morgan fingerprint density at radius 2 is 0.581 bits per heavy atom. The molecule has 0 radical (unpaired) electrons. The lowest BCUT2D eigenvalue weighted by Crippen LogP contribution is -2.30. The molecule has 0 saturated carbocycles. The molecule has 0 aliphatic heterocycles. The van der Waals surface area contributed by atoms with Gasteiger partial charge in [0.15, 0.2) is 6.10 Å². The highest BCUT2D eigenvalue weighted by Crippen LogP contribution is 2.16. The third-order valence-corrected chi connectivity index (χ3v) is 12.0. The lowest BCUT2D eigenvalue weighted by atomic mass is 10.0. The molecule has 0 amide bonds. The second-order valence-corrected chi connectivity index (χ2v) is 18.2. The standard InChI is InChI=1S/C56H102O6/c1-4-7-10-13-16-19-22-25-26-27-28-29-32-34-37-40-43-46-49-55(58)61-52-53(62-56(59)50-47-44-41-38-35-31-24-21-18-15-12-9-6-3)51-60-54(57)48-45-42-39-36-33-30-23-20-17-14-11-8-5-2/h22,25-29,53H,4-21,23-24,30-52H2,1-3H3/b25-22-,27-26-,29-28-. The van der Waals surface area contributed by atoms with Gasteiger partial charge in [-0.3, -0.25) is 14.4 Å². The second kappa shape index (κ2) is 51.3. The van der Waals surface area contributed by atoms with Gasteiger partial charge in [-0.15, -0.1) is 0 Å². The average Bonchev–Trinajstić information content (AvgIpc) is 3.27. The van der Waals surface area contributed by atoms with E-state index in [1.54, 1.807) is 0 Å². The Labute approximate surface area is 385 Å². The molecule has 62 heavy (non-hydrogen) atoms. The van der Waals surface area contributed by atoms with Crippen LogP contribution in [-0.4, -0.2) is 37.2 Å². The molecule has 6 heteroatoms. The summed E-state index contributed by atoms with van der Waals surface area (Å²) >= 11 is 0. The highest BCUT2D eigenvalue weighted by Gasteiger charge is 2.19. The van der Waals surface area contributed by atoms with E-state index in [0.29, 0.717) is 19.3 Å². The number of carbonyl (C=O) groups excluding carboxylic acids is 3. The molecule has 0 saturated heterocycles. The maximum absolute atomic E-state index is 12.8. The first-order chi connectivity index (χ1) is 30.5. The van der Waals surface area contributed by atoms with Crippen molar-refractivity contribution in [1.29, 1.82) is 0 Å². The van der Waals surface area contributed by atoms with Crippen molar-refractivity contribution < 1.29 is 28.6 Å². The van der Waals surface area contributed by atoms with Crippen LogP contribution in [0.1, 0.15) is 284 Å². The number of unbranched alkanes of at least 4 members (excludes halogenated alkanes) is 34. The molecule has 0 aromatic heterocycles. The number of allylic oxidation sites excluding steroid dienone is 6. The van der Waals surface area contributed by atoms with Gasteiger partial charge < -0.3 is 14.2 Å². The smallest absolute Gasteiger partial charge is 0.306 e. The van der Waals surface area contributed by atoms with E-state index >= 15 is 0 Å². The van der Waals surface area contributed by atoms with Gasteiger partial charge in [0.05, 0.1) is 0 Å². The number of rotatable bonds is 49. The molecule has 0 aromatic carbocycles. The van der Waals surface area contributed by atoms with E-state index in [9.17, 15) is 14.4 Å². The molecule has 0 aliphatic rings. The van der Waals surface area contributed by atoms with E-state index < -0.39 is 6.10 Å². The maximum atomic E-state index is 12.8. The molecule has 0 aliphatic carbocycles. The van der Waals surface area contributed by atoms with Gasteiger partial charge in [0.2, 0.25) is 0 Å². The number of hydrogen-bond acceptors (Lipinski definition) is 6. The summed E-state index contributed by atoms with van der Waals surface area (Å²) in [7, 11) is 0. The monoisotopic (exact) mass is 871 g/mol. The number of carbonyl (C=O) groups is 3. The molecule has 1 atom stereocenters. The van der Waals surface area contributed by atoms with E-state index in [4.69, 9.17) is 14.2 Å². The van der Waals surface area contributed by atoms with Gasteiger partial charge in [-0.2, -0.15) is 0 Å². The zero-order chi connectivity index (χ0) is 45.1. The quantitative estimate of drug-likeness (QED) is 0.0262. The van der Waals surface area contributed by atoms with Crippen molar-refractivity contribution >= 4 is 17.9 Å². The second-order valence-electron chi connectivity index (χ2n) is 18.2. The summed E-state index contributed by atoms with van der Waals surface area (Å²) in [6.07, 6.45) is 59.8. The number of hydrogen-bond donors (Lipinski definition) is 0. The Morgan fingerprint density at radius 1 is 0.323 bits per heavy atom. The summed E-state index contributed by atoms with van der Waals surface area (Å²) in [5.41, 5.74) is 0.